The highest BCUT2D eigenvalue weighted by molar-refractivity contribution is 7.89. The Kier molecular flexibility index (Phi) is 6.46. The summed E-state index contributed by atoms with van der Waals surface area (Å²) in [6, 6.07) is 14.7. The van der Waals surface area contributed by atoms with Crippen LogP contribution in [0.3, 0.4) is 0 Å². The first kappa shape index (κ1) is 20.5. The largest absolute Gasteiger partial charge is 0.340 e. The lowest BCUT2D eigenvalue weighted by Gasteiger charge is -2.36. The van der Waals surface area contributed by atoms with Crippen LogP contribution in [0.4, 0.5) is 4.39 Å². The molecule has 3 rings (SSSR count). The van der Waals surface area contributed by atoms with Gasteiger partial charge in [-0.05, 0) is 30.2 Å². The Hall–Kier alpha value is -2.25. The number of nitrogens with zero attached hydrogens (tertiary/aromatic N) is 2. The summed E-state index contributed by atoms with van der Waals surface area (Å²) in [5.74, 6) is -0.756. The van der Waals surface area contributed by atoms with Gasteiger partial charge >= 0.3 is 0 Å². The number of sulfonamides is 1. The zero-order valence-electron chi connectivity index (χ0n) is 15.9. The molecule has 1 aliphatic rings. The molecule has 150 valence electrons. The van der Waals surface area contributed by atoms with E-state index in [-0.39, 0.29) is 29.8 Å². The van der Waals surface area contributed by atoms with E-state index in [1.807, 2.05) is 37.3 Å². The highest BCUT2D eigenvalue weighted by Crippen LogP contribution is 2.25. The van der Waals surface area contributed by atoms with E-state index in [4.69, 9.17) is 0 Å². The predicted molar refractivity (Wildman–Crippen MR) is 106 cm³/mol. The number of benzene rings is 2. The second-order valence-corrected chi connectivity index (χ2v) is 8.88. The average Bonchev–Trinajstić information content (AvgIpc) is 2.72. The maximum atomic E-state index is 13.4. The second-order valence-electron chi connectivity index (χ2n) is 6.94. The van der Waals surface area contributed by atoms with Gasteiger partial charge in [-0.3, -0.25) is 4.79 Å². The molecule has 5 nitrogen and oxygen atoms in total. The summed E-state index contributed by atoms with van der Waals surface area (Å²) < 4.78 is 40.2. The van der Waals surface area contributed by atoms with Gasteiger partial charge < -0.3 is 4.90 Å². The van der Waals surface area contributed by atoms with Gasteiger partial charge in [-0.1, -0.05) is 49.7 Å². The Morgan fingerprint density at radius 2 is 1.71 bits per heavy atom. The van der Waals surface area contributed by atoms with Gasteiger partial charge in [-0.2, -0.15) is 4.31 Å². The number of halogens is 1. The second kappa shape index (κ2) is 8.84. The minimum absolute atomic E-state index is 0.0378. The van der Waals surface area contributed by atoms with Crippen molar-refractivity contribution < 1.29 is 17.6 Å². The van der Waals surface area contributed by atoms with E-state index in [1.54, 1.807) is 4.90 Å². The molecule has 28 heavy (non-hydrogen) atoms. The summed E-state index contributed by atoms with van der Waals surface area (Å²) in [5, 5.41) is 0. The van der Waals surface area contributed by atoms with Crippen molar-refractivity contribution in [2.45, 2.75) is 30.6 Å². The maximum absolute atomic E-state index is 13.4. The van der Waals surface area contributed by atoms with Crippen LogP contribution in [0.1, 0.15) is 31.2 Å². The average molecular weight is 405 g/mol. The summed E-state index contributed by atoms with van der Waals surface area (Å²) in [5.41, 5.74) is 0.990. The number of hydrogen-bond acceptors (Lipinski definition) is 3. The molecule has 0 aromatic heterocycles. The molecule has 1 atom stereocenters. The first-order chi connectivity index (χ1) is 13.4. The predicted octanol–water partition coefficient (Wildman–Crippen LogP) is 3.24. The fourth-order valence-electron chi connectivity index (χ4n) is 3.55. The van der Waals surface area contributed by atoms with Crippen LogP contribution in [-0.4, -0.2) is 49.7 Å². The molecular formula is C21H25FN2O3S. The van der Waals surface area contributed by atoms with Crippen molar-refractivity contribution in [1.29, 1.82) is 0 Å². The third kappa shape index (κ3) is 4.42. The molecule has 0 saturated carbocycles. The molecule has 0 spiro atoms. The topological polar surface area (TPSA) is 57.7 Å². The van der Waals surface area contributed by atoms with Crippen molar-refractivity contribution in [3.05, 3.63) is 66.0 Å². The van der Waals surface area contributed by atoms with Crippen LogP contribution in [0.2, 0.25) is 0 Å². The molecule has 1 saturated heterocycles. The summed E-state index contributed by atoms with van der Waals surface area (Å²) in [6.07, 6.45) is 1.64. The van der Waals surface area contributed by atoms with E-state index in [0.717, 1.165) is 24.5 Å². The van der Waals surface area contributed by atoms with Crippen molar-refractivity contribution in [3.63, 3.8) is 0 Å². The van der Waals surface area contributed by atoms with E-state index in [9.17, 15) is 17.6 Å². The molecule has 1 heterocycles. The molecule has 0 radical (unpaired) electrons. The van der Waals surface area contributed by atoms with Gasteiger partial charge in [0, 0.05) is 26.2 Å². The number of piperazine rings is 1. The molecule has 2 aromatic rings. The van der Waals surface area contributed by atoms with Crippen LogP contribution in [0.25, 0.3) is 0 Å². The third-order valence-electron chi connectivity index (χ3n) is 5.06. The van der Waals surface area contributed by atoms with Crippen LogP contribution in [0.15, 0.2) is 59.5 Å². The van der Waals surface area contributed by atoms with Gasteiger partial charge in [-0.15, -0.1) is 0 Å². The monoisotopic (exact) mass is 404 g/mol. The molecule has 0 N–H and O–H groups in total. The molecule has 7 heteroatoms. The smallest absolute Gasteiger partial charge is 0.243 e. The molecule has 2 aromatic carbocycles. The van der Waals surface area contributed by atoms with Crippen LogP contribution in [0, 0.1) is 5.82 Å². The van der Waals surface area contributed by atoms with Crippen LogP contribution in [-0.2, 0) is 14.8 Å². The minimum atomic E-state index is -3.76. The Labute approximate surface area is 165 Å². The number of carbonyl (C=O) groups is 1. The normalized spacial score (nSPS) is 16.7. The van der Waals surface area contributed by atoms with E-state index < -0.39 is 15.8 Å². The van der Waals surface area contributed by atoms with Crippen molar-refractivity contribution >= 4 is 15.9 Å². The Bertz CT molecular complexity index is 910. The fraction of sp³-hybridized carbons (Fsp3) is 0.381. The summed E-state index contributed by atoms with van der Waals surface area (Å²) in [6.45, 7) is 3.13. The van der Waals surface area contributed by atoms with Gasteiger partial charge in [0.15, 0.2) is 0 Å². The quantitative estimate of drug-likeness (QED) is 0.743. The summed E-state index contributed by atoms with van der Waals surface area (Å²) in [4.78, 5) is 14.8. The lowest BCUT2D eigenvalue weighted by atomic mass is 9.93. The highest BCUT2D eigenvalue weighted by Gasteiger charge is 2.32. The third-order valence-corrected chi connectivity index (χ3v) is 6.96. The number of carbonyl (C=O) groups excluding carboxylic acids is 1. The first-order valence-corrected chi connectivity index (χ1v) is 11.0. The standard InChI is InChI=1S/C21H25FN2O3S/c1-2-7-20(17-8-4-3-5-9-17)21(25)23-12-14-24(15-13-23)28(26,27)19-11-6-10-18(22)16-19/h3-6,8-11,16,20H,2,7,12-15H2,1H3. The lowest BCUT2D eigenvalue weighted by Crippen LogP contribution is -2.51. The number of amides is 1. The first-order valence-electron chi connectivity index (χ1n) is 9.53. The maximum Gasteiger partial charge on any atom is 0.243 e. The lowest BCUT2D eigenvalue weighted by molar-refractivity contribution is -0.134. The molecule has 0 bridgehead atoms. The Morgan fingerprint density at radius 3 is 2.32 bits per heavy atom. The van der Waals surface area contributed by atoms with Crippen molar-refractivity contribution in [1.82, 2.24) is 9.21 Å². The van der Waals surface area contributed by atoms with E-state index >= 15 is 0 Å². The zero-order valence-corrected chi connectivity index (χ0v) is 16.7. The molecular weight excluding hydrogens is 379 g/mol. The number of rotatable bonds is 6. The SMILES string of the molecule is CCCC(C(=O)N1CCN(S(=O)(=O)c2cccc(F)c2)CC1)c1ccccc1. The zero-order chi connectivity index (χ0) is 20.1. The minimum Gasteiger partial charge on any atom is -0.340 e. The van der Waals surface area contributed by atoms with Gasteiger partial charge in [0.05, 0.1) is 10.8 Å². The molecule has 1 fully saturated rings. The summed E-state index contributed by atoms with van der Waals surface area (Å²) in [7, 11) is -3.76. The number of hydrogen-bond donors (Lipinski definition) is 0. The van der Waals surface area contributed by atoms with Crippen molar-refractivity contribution in [3.8, 4) is 0 Å². The molecule has 1 amide bonds. The van der Waals surface area contributed by atoms with Gasteiger partial charge in [0.25, 0.3) is 0 Å². The highest BCUT2D eigenvalue weighted by atomic mass is 32.2. The van der Waals surface area contributed by atoms with Gasteiger partial charge in [0.2, 0.25) is 15.9 Å². The van der Waals surface area contributed by atoms with Crippen molar-refractivity contribution in [2.24, 2.45) is 0 Å². The molecule has 0 aliphatic carbocycles. The van der Waals surface area contributed by atoms with Crippen molar-refractivity contribution in [2.75, 3.05) is 26.2 Å². The van der Waals surface area contributed by atoms with E-state index in [0.29, 0.717) is 13.1 Å². The van der Waals surface area contributed by atoms with Crippen LogP contribution < -0.4 is 0 Å². The molecule has 1 aliphatic heterocycles. The van der Waals surface area contributed by atoms with Crippen LogP contribution in [0.5, 0.6) is 0 Å². The van der Waals surface area contributed by atoms with E-state index in [2.05, 4.69) is 0 Å². The summed E-state index contributed by atoms with van der Waals surface area (Å²) >= 11 is 0. The van der Waals surface area contributed by atoms with Gasteiger partial charge in [-0.25, -0.2) is 12.8 Å². The van der Waals surface area contributed by atoms with Crippen LogP contribution >= 0.6 is 0 Å². The Morgan fingerprint density at radius 1 is 1.04 bits per heavy atom. The fourth-order valence-corrected chi connectivity index (χ4v) is 5.01. The Balaban J connectivity index is 1.69. The molecule has 1 unspecified atom stereocenters. The van der Waals surface area contributed by atoms with E-state index in [1.165, 1.54) is 22.5 Å². The van der Waals surface area contributed by atoms with Gasteiger partial charge in [0.1, 0.15) is 5.82 Å².